The third-order valence-corrected chi connectivity index (χ3v) is 4.46. The maximum atomic E-state index is 12.2. The van der Waals surface area contributed by atoms with Crippen LogP contribution >= 0.6 is 0 Å². The average Bonchev–Trinajstić information content (AvgIpc) is 2.73. The zero-order valence-electron chi connectivity index (χ0n) is 17.5. The third-order valence-electron chi connectivity index (χ3n) is 4.46. The molecule has 4 amide bonds. The van der Waals surface area contributed by atoms with Crippen molar-refractivity contribution in [1.29, 1.82) is 0 Å². The fraction of sp³-hybridized carbons (Fsp3) is 0.500. The third kappa shape index (κ3) is 11.5. The molecule has 176 valence electrons. The lowest BCUT2D eigenvalue weighted by molar-refractivity contribution is -0.137. The monoisotopic (exact) mass is 452 g/mol. The number of amides is 4. The number of carbonyl (C=O) groups is 6. The SMILES string of the molecule is O=C(O)/C=C/C(=O)NCCCCC1NC(=O)C(CCCCNC(=O)/C=C/C(=O)O)NC1=O. The van der Waals surface area contributed by atoms with Crippen LogP contribution in [0.3, 0.4) is 0 Å². The van der Waals surface area contributed by atoms with Crippen LogP contribution in [-0.4, -0.2) is 71.0 Å². The summed E-state index contributed by atoms with van der Waals surface area (Å²) >= 11 is 0. The van der Waals surface area contributed by atoms with E-state index in [1.807, 2.05) is 0 Å². The molecule has 0 spiro atoms. The Morgan fingerprint density at radius 1 is 0.688 bits per heavy atom. The molecule has 2 atom stereocenters. The number of hydrogen-bond donors (Lipinski definition) is 6. The van der Waals surface area contributed by atoms with Gasteiger partial charge in [0.15, 0.2) is 0 Å². The van der Waals surface area contributed by atoms with E-state index >= 15 is 0 Å². The lowest BCUT2D eigenvalue weighted by atomic mass is 10.0. The van der Waals surface area contributed by atoms with E-state index in [-0.39, 0.29) is 11.8 Å². The minimum Gasteiger partial charge on any atom is -0.478 e. The summed E-state index contributed by atoms with van der Waals surface area (Å²) in [6.07, 6.45) is 6.38. The Labute approximate surface area is 184 Å². The first-order valence-electron chi connectivity index (χ1n) is 10.2. The standard InChI is InChI=1S/C20H28N4O8/c25-15(7-9-17(27)28)21-11-3-1-5-13-19(31)24-14(20(32)23-13)6-2-4-12-22-16(26)8-10-18(29)30/h7-10,13-14H,1-6,11-12H2,(H,21,25)(H,22,26)(H,23,32)(H,24,31)(H,27,28)(H,29,30)/b9-7+,10-8+. The van der Waals surface area contributed by atoms with Crippen molar-refractivity contribution >= 4 is 35.6 Å². The van der Waals surface area contributed by atoms with Crippen molar-refractivity contribution in [2.45, 2.75) is 50.6 Å². The Morgan fingerprint density at radius 3 is 1.41 bits per heavy atom. The van der Waals surface area contributed by atoms with E-state index < -0.39 is 35.8 Å². The van der Waals surface area contributed by atoms with Crippen molar-refractivity contribution in [3.8, 4) is 0 Å². The summed E-state index contributed by atoms with van der Waals surface area (Å²) in [6, 6.07) is -1.30. The Bertz CT molecular complexity index is 714. The summed E-state index contributed by atoms with van der Waals surface area (Å²) in [5.74, 6) is -4.03. The van der Waals surface area contributed by atoms with Crippen molar-refractivity contribution in [3.63, 3.8) is 0 Å². The van der Waals surface area contributed by atoms with Crippen molar-refractivity contribution in [2.75, 3.05) is 13.1 Å². The van der Waals surface area contributed by atoms with Gasteiger partial charge in [0.1, 0.15) is 12.1 Å². The summed E-state index contributed by atoms with van der Waals surface area (Å²) in [4.78, 5) is 67.7. The maximum absolute atomic E-state index is 12.2. The first kappa shape index (κ1) is 26.3. The zero-order chi connectivity index (χ0) is 23.9. The van der Waals surface area contributed by atoms with Crippen LogP contribution in [0.1, 0.15) is 38.5 Å². The van der Waals surface area contributed by atoms with Gasteiger partial charge in [0.2, 0.25) is 23.6 Å². The lowest BCUT2D eigenvalue weighted by Crippen LogP contribution is -2.61. The molecule has 32 heavy (non-hydrogen) atoms. The Hall–Kier alpha value is -3.70. The molecule has 0 aromatic carbocycles. The molecule has 1 saturated heterocycles. The van der Waals surface area contributed by atoms with Crippen molar-refractivity contribution in [3.05, 3.63) is 24.3 Å². The molecule has 1 aliphatic heterocycles. The fourth-order valence-electron chi connectivity index (χ4n) is 2.86. The van der Waals surface area contributed by atoms with Gasteiger partial charge >= 0.3 is 11.9 Å². The first-order valence-corrected chi connectivity index (χ1v) is 10.2. The highest BCUT2D eigenvalue weighted by atomic mass is 16.4. The van der Waals surface area contributed by atoms with Gasteiger partial charge in [0.25, 0.3) is 0 Å². The van der Waals surface area contributed by atoms with E-state index in [0.717, 1.165) is 24.3 Å². The smallest absolute Gasteiger partial charge is 0.328 e. The summed E-state index contributed by atoms with van der Waals surface area (Å²) in [6.45, 7) is 0.632. The van der Waals surface area contributed by atoms with Crippen molar-refractivity contribution < 1.29 is 39.0 Å². The summed E-state index contributed by atoms with van der Waals surface area (Å²) in [7, 11) is 0. The molecule has 0 aliphatic carbocycles. The number of piperazine rings is 1. The molecule has 0 saturated carbocycles. The van der Waals surface area contributed by atoms with E-state index in [0.29, 0.717) is 51.6 Å². The number of nitrogens with one attached hydrogen (secondary N) is 4. The predicted octanol–water partition coefficient (Wildman–Crippen LogP) is -1.18. The van der Waals surface area contributed by atoms with E-state index in [2.05, 4.69) is 21.3 Å². The zero-order valence-corrected chi connectivity index (χ0v) is 17.5. The van der Waals surface area contributed by atoms with Crippen LogP contribution in [0.15, 0.2) is 24.3 Å². The number of rotatable bonds is 14. The Balaban J connectivity index is 2.20. The molecule has 1 rings (SSSR count). The second kappa shape index (κ2) is 14.3. The molecule has 1 aliphatic rings. The molecular weight excluding hydrogens is 424 g/mol. The van der Waals surface area contributed by atoms with Crippen molar-refractivity contribution in [2.24, 2.45) is 0 Å². The van der Waals surface area contributed by atoms with Gasteiger partial charge in [-0.15, -0.1) is 0 Å². The molecule has 1 fully saturated rings. The van der Waals surface area contributed by atoms with Crippen LogP contribution in [0.25, 0.3) is 0 Å². The summed E-state index contributed by atoms with van der Waals surface area (Å²) < 4.78 is 0. The van der Waals surface area contributed by atoms with Crippen LogP contribution in [0.5, 0.6) is 0 Å². The fourth-order valence-corrected chi connectivity index (χ4v) is 2.86. The second-order valence-electron chi connectivity index (χ2n) is 7.04. The van der Waals surface area contributed by atoms with Gasteiger partial charge in [-0.05, 0) is 38.5 Å². The average molecular weight is 452 g/mol. The molecule has 6 N–H and O–H groups in total. The number of hydrogen-bond acceptors (Lipinski definition) is 6. The molecule has 0 aromatic heterocycles. The van der Waals surface area contributed by atoms with Crippen LogP contribution < -0.4 is 21.3 Å². The highest BCUT2D eigenvalue weighted by Crippen LogP contribution is 2.10. The van der Waals surface area contributed by atoms with Gasteiger partial charge in [-0.25, -0.2) is 9.59 Å². The first-order chi connectivity index (χ1) is 15.2. The molecular formula is C20H28N4O8. The number of unbranched alkanes of at least 4 members (excludes halogenated alkanes) is 2. The van der Waals surface area contributed by atoms with Gasteiger partial charge in [0, 0.05) is 37.4 Å². The van der Waals surface area contributed by atoms with Gasteiger partial charge in [-0.3, -0.25) is 19.2 Å². The Kier molecular flexibility index (Phi) is 11.8. The van der Waals surface area contributed by atoms with Crippen LogP contribution in [-0.2, 0) is 28.8 Å². The molecule has 2 unspecified atom stereocenters. The quantitative estimate of drug-likeness (QED) is 0.140. The number of carboxylic acid groups (broad SMARTS) is 2. The van der Waals surface area contributed by atoms with Crippen LogP contribution in [0.4, 0.5) is 0 Å². The van der Waals surface area contributed by atoms with Crippen LogP contribution in [0, 0.1) is 0 Å². The summed E-state index contributed by atoms with van der Waals surface area (Å²) in [5, 5.41) is 27.3. The van der Waals surface area contributed by atoms with E-state index in [1.165, 1.54) is 0 Å². The van der Waals surface area contributed by atoms with Gasteiger partial charge in [-0.2, -0.15) is 0 Å². The minimum absolute atomic E-state index is 0.282. The molecule has 12 nitrogen and oxygen atoms in total. The minimum atomic E-state index is -1.21. The van der Waals surface area contributed by atoms with Gasteiger partial charge < -0.3 is 31.5 Å². The Morgan fingerprint density at radius 2 is 1.06 bits per heavy atom. The molecule has 0 radical (unpaired) electrons. The lowest BCUT2D eigenvalue weighted by Gasteiger charge is -2.29. The van der Waals surface area contributed by atoms with Gasteiger partial charge in [0.05, 0.1) is 0 Å². The topological polar surface area (TPSA) is 191 Å². The molecule has 1 heterocycles. The highest BCUT2D eigenvalue weighted by Gasteiger charge is 2.32. The van der Waals surface area contributed by atoms with Crippen LogP contribution in [0.2, 0.25) is 0 Å². The highest BCUT2D eigenvalue weighted by molar-refractivity contribution is 5.97. The van der Waals surface area contributed by atoms with E-state index in [1.54, 1.807) is 0 Å². The largest absolute Gasteiger partial charge is 0.478 e. The van der Waals surface area contributed by atoms with Gasteiger partial charge in [-0.1, -0.05) is 0 Å². The number of carboxylic acids is 2. The van der Waals surface area contributed by atoms with Crippen molar-refractivity contribution in [1.82, 2.24) is 21.3 Å². The predicted molar refractivity (Wildman–Crippen MR) is 111 cm³/mol. The normalized spacial score (nSPS) is 18.2. The molecule has 12 heteroatoms. The number of aliphatic carboxylic acids is 2. The number of carbonyl (C=O) groups excluding carboxylic acids is 4. The maximum Gasteiger partial charge on any atom is 0.328 e. The van der Waals surface area contributed by atoms with E-state index in [4.69, 9.17) is 10.2 Å². The molecule has 0 bridgehead atoms. The summed E-state index contributed by atoms with van der Waals surface area (Å²) in [5.41, 5.74) is 0. The van der Waals surface area contributed by atoms with E-state index in [9.17, 15) is 28.8 Å². The second-order valence-corrected chi connectivity index (χ2v) is 7.04. The molecule has 0 aromatic rings.